The molecular weight excluding hydrogens is 659 g/mol. The third-order valence-corrected chi connectivity index (χ3v) is 11.0. The lowest BCUT2D eigenvalue weighted by Crippen LogP contribution is -2.58. The fourth-order valence-electron chi connectivity index (χ4n) is 6.50. The largest absolute Gasteiger partial charge is 0.497 e. The predicted molar refractivity (Wildman–Crippen MR) is 194 cm³/mol. The molecule has 1 aliphatic heterocycles. The van der Waals surface area contributed by atoms with Crippen LogP contribution in [-0.4, -0.2) is 101 Å². The highest BCUT2D eigenvalue weighted by atomic mass is 32.1. The van der Waals surface area contributed by atoms with Gasteiger partial charge in [0, 0.05) is 30.9 Å². The molecule has 278 valence electrons. The van der Waals surface area contributed by atoms with Crippen LogP contribution in [-0.2, 0) is 20.8 Å². The summed E-state index contributed by atoms with van der Waals surface area (Å²) in [6, 6.07) is 5.58. The minimum atomic E-state index is -1.04. The summed E-state index contributed by atoms with van der Waals surface area (Å²) in [6.07, 6.45) is 3.29. The van der Waals surface area contributed by atoms with Crippen molar-refractivity contribution in [1.82, 2.24) is 25.4 Å². The number of ether oxygens (including phenoxy) is 1. The van der Waals surface area contributed by atoms with Crippen molar-refractivity contribution >= 4 is 35.0 Å². The number of aliphatic carboxylic acids is 1. The summed E-state index contributed by atoms with van der Waals surface area (Å²) in [5, 5.41) is 28.8. The van der Waals surface area contributed by atoms with Crippen LogP contribution >= 0.6 is 11.3 Å². The Hall–Kier alpha value is -3.55. The van der Waals surface area contributed by atoms with E-state index in [-0.39, 0.29) is 54.3 Å². The third-order valence-electron chi connectivity index (χ3n) is 10.0. The number of likely N-dealkylation sites (N-methyl/N-ethyl adjacent to an activating group) is 2. The molecule has 0 bridgehead atoms. The number of carboxylic acids is 1. The van der Waals surface area contributed by atoms with E-state index in [0.29, 0.717) is 23.6 Å². The van der Waals surface area contributed by atoms with Crippen molar-refractivity contribution in [3.63, 3.8) is 0 Å². The van der Waals surface area contributed by atoms with Crippen molar-refractivity contribution in [2.75, 3.05) is 27.7 Å². The highest BCUT2D eigenvalue weighted by Crippen LogP contribution is 2.28. The summed E-state index contributed by atoms with van der Waals surface area (Å²) in [5.74, 6) is -1.83. The van der Waals surface area contributed by atoms with Crippen molar-refractivity contribution in [2.24, 2.45) is 17.8 Å². The molecule has 0 radical (unpaired) electrons. The molecule has 50 heavy (non-hydrogen) atoms. The van der Waals surface area contributed by atoms with Crippen molar-refractivity contribution in [3.8, 4) is 5.75 Å². The molecule has 2 aromatic rings. The molecule has 0 saturated carbocycles. The smallest absolute Gasteiger partial charge is 0.306 e. The minimum Gasteiger partial charge on any atom is -0.497 e. The number of nitrogens with zero attached hydrogens (tertiary/aromatic N) is 3. The second kappa shape index (κ2) is 19.2. The van der Waals surface area contributed by atoms with E-state index in [4.69, 9.17) is 4.74 Å². The topological polar surface area (TPSA) is 161 Å². The maximum atomic E-state index is 14.0. The van der Waals surface area contributed by atoms with Crippen LogP contribution in [0.25, 0.3) is 0 Å². The SMILES string of the molecule is CCC(C)[C@H](NC(=O)[C@H]1CCCCN1C)C(=O)N(C)C(C[C@@H](O)c1nc(C(=O)N[C@@H](Cc2ccc(OC)cc2)C[C@H](C)C(=O)O)cs1)C(C)C. The number of piperidine rings is 1. The number of nitrogens with one attached hydrogen (secondary N) is 2. The predicted octanol–water partition coefficient (Wildman–Crippen LogP) is 4.53. The molecule has 2 heterocycles. The summed E-state index contributed by atoms with van der Waals surface area (Å²) >= 11 is 1.16. The Labute approximate surface area is 301 Å². The minimum absolute atomic E-state index is 0.0194. The zero-order valence-electron chi connectivity index (χ0n) is 30.8. The fourth-order valence-corrected chi connectivity index (χ4v) is 7.30. The number of benzene rings is 1. The molecule has 12 nitrogen and oxygen atoms in total. The zero-order valence-corrected chi connectivity index (χ0v) is 31.7. The molecule has 0 spiro atoms. The van der Waals surface area contributed by atoms with E-state index in [1.807, 2.05) is 63.9 Å². The van der Waals surface area contributed by atoms with Crippen LogP contribution in [0.2, 0.25) is 0 Å². The number of carbonyl (C=O) groups is 4. The molecule has 1 saturated heterocycles. The summed E-state index contributed by atoms with van der Waals surface area (Å²) in [4.78, 5) is 60.4. The molecule has 7 atom stereocenters. The number of methoxy groups -OCH3 is 1. The second-order valence-corrected chi connectivity index (χ2v) is 15.0. The molecule has 4 N–H and O–H groups in total. The van der Waals surface area contributed by atoms with Gasteiger partial charge in [-0.3, -0.25) is 24.1 Å². The van der Waals surface area contributed by atoms with Gasteiger partial charge in [-0.1, -0.05) is 59.6 Å². The van der Waals surface area contributed by atoms with E-state index in [2.05, 4.69) is 15.6 Å². The number of rotatable bonds is 18. The lowest BCUT2D eigenvalue weighted by Gasteiger charge is -2.38. The highest BCUT2D eigenvalue weighted by molar-refractivity contribution is 7.09. The number of carboxylic acid groups (broad SMARTS) is 1. The Kier molecular flexibility index (Phi) is 15.7. The van der Waals surface area contributed by atoms with Gasteiger partial charge in [-0.15, -0.1) is 11.3 Å². The van der Waals surface area contributed by atoms with Crippen LogP contribution in [0.3, 0.4) is 0 Å². The van der Waals surface area contributed by atoms with E-state index in [1.165, 1.54) is 0 Å². The van der Waals surface area contributed by atoms with E-state index in [0.717, 1.165) is 42.7 Å². The number of aliphatic hydroxyl groups is 1. The van der Waals surface area contributed by atoms with Gasteiger partial charge < -0.3 is 30.5 Å². The first-order valence-electron chi connectivity index (χ1n) is 17.7. The average molecular weight is 716 g/mol. The standard InChI is InChI=1S/C37H57N5O7S/c1-9-23(4)32(40-34(45)29-12-10-11-17-41(29)6)36(46)42(7)30(22(2)3)20-31(43)35-39-28(21-50-35)33(44)38-26(18-24(5)37(47)48)19-25-13-15-27(49-8)16-14-25/h13-16,21-24,26,29-32,43H,9-12,17-20H2,1-8H3,(H,38,44)(H,40,45)(H,47,48)/t23?,24-,26+,29+,30?,31+,32-/m0/s1. The maximum absolute atomic E-state index is 14.0. The lowest BCUT2D eigenvalue weighted by atomic mass is 9.92. The Balaban J connectivity index is 1.71. The molecule has 13 heteroatoms. The van der Waals surface area contributed by atoms with E-state index in [1.54, 1.807) is 31.4 Å². The van der Waals surface area contributed by atoms with Gasteiger partial charge in [0.25, 0.3) is 5.91 Å². The fraction of sp³-hybridized carbons (Fsp3) is 0.649. The summed E-state index contributed by atoms with van der Waals surface area (Å²) in [5.41, 5.74) is 1.04. The Bertz CT molecular complexity index is 1420. The number of carbonyl (C=O) groups excluding carboxylic acids is 3. The maximum Gasteiger partial charge on any atom is 0.306 e. The number of aliphatic hydroxyl groups excluding tert-OH is 1. The van der Waals surface area contributed by atoms with Crippen molar-refractivity contribution in [3.05, 3.63) is 45.9 Å². The van der Waals surface area contributed by atoms with E-state index >= 15 is 0 Å². The molecule has 0 aliphatic carbocycles. The van der Waals surface area contributed by atoms with Crippen LogP contribution in [0.5, 0.6) is 5.75 Å². The summed E-state index contributed by atoms with van der Waals surface area (Å²) < 4.78 is 5.23. The average Bonchev–Trinajstić information content (AvgIpc) is 3.59. The first kappa shape index (κ1) is 40.9. The molecule has 3 rings (SSSR count). The van der Waals surface area contributed by atoms with Crippen LogP contribution in [0.4, 0.5) is 0 Å². The summed E-state index contributed by atoms with van der Waals surface area (Å²) in [6.45, 7) is 10.4. The van der Waals surface area contributed by atoms with Gasteiger partial charge in [-0.2, -0.15) is 0 Å². The Morgan fingerprint density at radius 1 is 1.08 bits per heavy atom. The number of likely N-dealkylation sites (tertiary alicyclic amines) is 1. The van der Waals surface area contributed by atoms with E-state index < -0.39 is 36.0 Å². The number of hydrogen-bond donors (Lipinski definition) is 4. The molecule has 2 unspecified atom stereocenters. The number of amides is 3. The Morgan fingerprint density at radius 2 is 1.76 bits per heavy atom. The van der Waals surface area contributed by atoms with Gasteiger partial charge in [0.1, 0.15) is 28.6 Å². The van der Waals surface area contributed by atoms with Crippen molar-refractivity contribution in [2.45, 2.75) is 110 Å². The van der Waals surface area contributed by atoms with E-state index in [9.17, 15) is 29.4 Å². The van der Waals surface area contributed by atoms with Crippen molar-refractivity contribution in [1.29, 1.82) is 0 Å². The van der Waals surface area contributed by atoms with Gasteiger partial charge in [0.2, 0.25) is 11.8 Å². The lowest BCUT2D eigenvalue weighted by molar-refractivity contribution is -0.141. The van der Waals surface area contributed by atoms with Gasteiger partial charge >= 0.3 is 5.97 Å². The quantitative estimate of drug-likeness (QED) is 0.174. The number of thiazole rings is 1. The molecule has 3 amide bonds. The normalized spacial score (nSPS) is 18.7. The van der Waals surface area contributed by atoms with Crippen LogP contribution in [0.1, 0.15) is 100 Å². The van der Waals surface area contributed by atoms with Crippen LogP contribution in [0.15, 0.2) is 29.6 Å². The van der Waals surface area contributed by atoms with Gasteiger partial charge in [-0.05, 0) is 68.8 Å². The summed E-state index contributed by atoms with van der Waals surface area (Å²) in [7, 11) is 5.24. The molecular formula is C37H57N5O7S. The van der Waals surface area contributed by atoms with Crippen LogP contribution in [0, 0.1) is 17.8 Å². The molecule has 1 aromatic carbocycles. The molecule has 1 aromatic heterocycles. The second-order valence-electron chi connectivity index (χ2n) is 14.1. The first-order valence-corrected chi connectivity index (χ1v) is 18.6. The number of hydrogen-bond acceptors (Lipinski definition) is 9. The van der Waals surface area contributed by atoms with Gasteiger partial charge in [0.15, 0.2) is 0 Å². The number of aromatic nitrogens is 1. The molecule has 1 aliphatic rings. The third kappa shape index (κ3) is 11.2. The monoisotopic (exact) mass is 715 g/mol. The first-order chi connectivity index (χ1) is 23.7. The van der Waals surface area contributed by atoms with Crippen LogP contribution < -0.4 is 15.4 Å². The molecule has 1 fully saturated rings. The van der Waals surface area contributed by atoms with Crippen molar-refractivity contribution < 1.29 is 34.1 Å². The Morgan fingerprint density at radius 3 is 2.34 bits per heavy atom. The highest BCUT2D eigenvalue weighted by Gasteiger charge is 2.36. The van der Waals surface area contributed by atoms with Gasteiger partial charge in [-0.25, -0.2) is 4.98 Å². The van der Waals surface area contributed by atoms with Gasteiger partial charge in [0.05, 0.1) is 19.1 Å². The zero-order chi connectivity index (χ0) is 37.1.